The van der Waals surface area contributed by atoms with Crippen molar-refractivity contribution in [2.45, 2.75) is 89.4 Å². The van der Waals surface area contributed by atoms with Crippen LogP contribution in [0, 0.1) is 6.92 Å². The lowest BCUT2D eigenvalue weighted by Crippen LogP contribution is -2.60. The number of carbonyl (C=O) groups excluding carboxylic acids is 5. The molecule has 16 heteroatoms. The van der Waals surface area contributed by atoms with E-state index in [0.717, 1.165) is 11.1 Å². The third kappa shape index (κ3) is 9.70. The predicted octanol–water partition coefficient (Wildman–Crippen LogP) is -0.414. The third-order valence-electron chi connectivity index (χ3n) is 9.19. The second-order valence-electron chi connectivity index (χ2n) is 13.3. The van der Waals surface area contributed by atoms with Crippen molar-refractivity contribution in [2.24, 2.45) is 0 Å². The molecule has 6 atom stereocenters. The highest BCUT2D eigenvalue weighted by atomic mass is 16.5. The van der Waals surface area contributed by atoms with Gasteiger partial charge in [0.05, 0.1) is 37.0 Å². The smallest absolute Gasteiger partial charge is 0.255 e. The fourth-order valence-electron chi connectivity index (χ4n) is 6.30. The molecule has 0 unspecified atom stereocenters. The molecule has 0 radical (unpaired) electrons. The highest BCUT2D eigenvalue weighted by Gasteiger charge is 2.38. The summed E-state index contributed by atoms with van der Waals surface area (Å²) < 4.78 is 7.57. The van der Waals surface area contributed by atoms with Gasteiger partial charge in [0.1, 0.15) is 36.2 Å². The summed E-state index contributed by atoms with van der Waals surface area (Å²) in [5.74, 6) is -2.34. The highest BCUT2D eigenvalue weighted by Crippen LogP contribution is 2.22. The van der Waals surface area contributed by atoms with E-state index in [4.69, 9.17) is 4.74 Å². The van der Waals surface area contributed by atoms with E-state index in [1.54, 1.807) is 41.9 Å². The standard InChI is InChI=1S/C36H47N9O7/c1-5-27-34(49)41-31(22(3)46)36(51)40-28(16-23-9-7-6-8-10-23)33(48)37-18-25-20-45(43-42-25)13-14-52-30-12-11-21(2)15-26(30)32(47)38-24-17-29(35(50)39-27)44(4)19-24/h6-12,15,20,22,24,27-29,31,46H,5,13-14,16-19H2,1-4H3,(H,37,48)(H,38,47)(H,39,50)(H,40,51)(H,41,49)/t22-,24+,27+,28+,29+,31+/m1/s1. The van der Waals surface area contributed by atoms with E-state index < -0.39 is 53.9 Å². The van der Waals surface area contributed by atoms with Gasteiger partial charge in [0, 0.05) is 19.0 Å². The number of hydrogen-bond acceptors (Lipinski definition) is 10. The molecule has 6 N–H and O–H groups in total. The van der Waals surface area contributed by atoms with Gasteiger partial charge in [-0.2, -0.15) is 0 Å². The zero-order valence-corrected chi connectivity index (χ0v) is 29.8. The fraction of sp³-hybridized carbons (Fsp3) is 0.472. The van der Waals surface area contributed by atoms with E-state index in [1.165, 1.54) is 6.92 Å². The summed E-state index contributed by atoms with van der Waals surface area (Å²) in [6.07, 6.45) is 0.946. The van der Waals surface area contributed by atoms with E-state index in [-0.39, 0.29) is 37.9 Å². The quantitative estimate of drug-likeness (QED) is 0.206. The van der Waals surface area contributed by atoms with Crippen molar-refractivity contribution >= 4 is 29.5 Å². The number of aromatic nitrogens is 3. The first-order valence-corrected chi connectivity index (χ1v) is 17.5. The Hall–Kier alpha value is -5.35. The van der Waals surface area contributed by atoms with Crippen LogP contribution in [0.5, 0.6) is 5.75 Å². The minimum atomic E-state index is -1.43. The summed E-state index contributed by atoms with van der Waals surface area (Å²) in [5, 5.41) is 32.7. The SMILES string of the molecule is CC[C@@H]1NC(=O)[C@@H]2C[C@@H](CN2C)NC(=O)c2cc(C)ccc2OCCn2cc(nn2)CNC(=O)[C@H](Cc2ccccc2)NC(=O)[C@H]([C@@H](C)O)NC1=O. The lowest BCUT2D eigenvalue weighted by Gasteiger charge is -2.27. The molecular weight excluding hydrogens is 670 g/mol. The second kappa shape index (κ2) is 17.2. The van der Waals surface area contributed by atoms with Crippen LogP contribution in [0.25, 0.3) is 0 Å². The maximum absolute atomic E-state index is 13.6. The number of hydrogen-bond donors (Lipinski definition) is 6. The molecule has 5 amide bonds. The topological polar surface area (TPSA) is 209 Å². The van der Waals surface area contributed by atoms with Crippen molar-refractivity contribution in [3.05, 3.63) is 77.1 Å². The summed E-state index contributed by atoms with van der Waals surface area (Å²) in [7, 11) is 1.76. The number of ether oxygens (including phenoxy) is 1. The number of likely N-dealkylation sites (N-methyl/N-ethyl adjacent to an activating group) is 1. The Kier molecular flexibility index (Phi) is 12.6. The minimum absolute atomic E-state index is 0.00886. The minimum Gasteiger partial charge on any atom is -0.491 e. The van der Waals surface area contributed by atoms with Crippen LogP contribution in [-0.2, 0) is 38.7 Å². The first-order chi connectivity index (χ1) is 24.9. The zero-order valence-electron chi connectivity index (χ0n) is 29.8. The van der Waals surface area contributed by atoms with E-state index >= 15 is 0 Å². The van der Waals surface area contributed by atoms with Gasteiger partial charge < -0.3 is 36.4 Å². The molecule has 52 heavy (non-hydrogen) atoms. The van der Waals surface area contributed by atoms with Crippen molar-refractivity contribution in [3.63, 3.8) is 0 Å². The second-order valence-corrected chi connectivity index (χ2v) is 13.3. The van der Waals surface area contributed by atoms with Crippen LogP contribution in [0.1, 0.15) is 53.9 Å². The fourth-order valence-corrected chi connectivity index (χ4v) is 6.30. The number of amides is 5. The van der Waals surface area contributed by atoms with E-state index in [1.807, 2.05) is 43.3 Å². The molecule has 5 rings (SSSR count). The number of aryl methyl sites for hydroxylation is 1. The number of likely N-dealkylation sites (tertiary alicyclic amines) is 1. The number of carbonyl (C=O) groups is 5. The van der Waals surface area contributed by atoms with E-state index in [0.29, 0.717) is 36.5 Å². The maximum Gasteiger partial charge on any atom is 0.255 e. The molecular formula is C36H47N9O7. The lowest BCUT2D eigenvalue weighted by molar-refractivity contribution is -0.136. The normalized spacial score (nSPS) is 24.8. The summed E-state index contributed by atoms with van der Waals surface area (Å²) in [4.78, 5) is 69.4. The Morgan fingerprint density at radius 1 is 0.942 bits per heavy atom. The maximum atomic E-state index is 13.6. The van der Waals surface area contributed by atoms with Gasteiger partial charge in [-0.3, -0.25) is 28.9 Å². The molecule has 3 heterocycles. The average molecular weight is 718 g/mol. The average Bonchev–Trinajstić information content (AvgIpc) is 3.73. The van der Waals surface area contributed by atoms with Crippen LogP contribution in [-0.4, -0.2) is 111 Å². The molecule has 3 aromatic rings. The molecule has 0 aliphatic carbocycles. The lowest BCUT2D eigenvalue weighted by atomic mass is 10.0. The zero-order chi connectivity index (χ0) is 37.4. The van der Waals surface area contributed by atoms with Crippen LogP contribution in [0.2, 0.25) is 0 Å². The number of aliphatic hydroxyl groups excluding tert-OH is 1. The van der Waals surface area contributed by atoms with Gasteiger partial charge in [0.2, 0.25) is 23.6 Å². The Bertz CT molecular complexity index is 1750. The number of nitrogens with zero attached hydrogens (tertiary/aromatic N) is 4. The summed E-state index contributed by atoms with van der Waals surface area (Å²) in [6.45, 7) is 5.82. The summed E-state index contributed by atoms with van der Waals surface area (Å²) in [5.41, 5.74) is 2.46. The molecule has 1 aromatic heterocycles. The van der Waals surface area contributed by atoms with Crippen molar-refractivity contribution in [1.82, 2.24) is 46.5 Å². The van der Waals surface area contributed by atoms with Crippen molar-refractivity contribution in [1.29, 1.82) is 0 Å². The summed E-state index contributed by atoms with van der Waals surface area (Å²) in [6, 6.07) is 9.89. The van der Waals surface area contributed by atoms with Gasteiger partial charge in [-0.05, 0) is 51.4 Å². The molecule has 2 aromatic carbocycles. The van der Waals surface area contributed by atoms with Crippen LogP contribution in [0.3, 0.4) is 0 Å². The van der Waals surface area contributed by atoms with E-state index in [9.17, 15) is 29.1 Å². The van der Waals surface area contributed by atoms with Gasteiger partial charge in [-0.15, -0.1) is 5.10 Å². The molecule has 2 aliphatic heterocycles. The Morgan fingerprint density at radius 2 is 1.69 bits per heavy atom. The van der Waals surface area contributed by atoms with Gasteiger partial charge in [0.15, 0.2) is 0 Å². The van der Waals surface area contributed by atoms with Crippen molar-refractivity contribution < 1.29 is 33.8 Å². The summed E-state index contributed by atoms with van der Waals surface area (Å²) >= 11 is 0. The largest absolute Gasteiger partial charge is 0.491 e. The Balaban J connectivity index is 1.41. The van der Waals surface area contributed by atoms with E-state index in [2.05, 4.69) is 36.9 Å². The van der Waals surface area contributed by atoms with Crippen molar-refractivity contribution in [3.8, 4) is 5.75 Å². The molecule has 2 aliphatic rings. The number of rotatable bonds is 4. The molecule has 278 valence electrons. The number of nitrogens with one attached hydrogen (secondary N) is 5. The molecule has 1 fully saturated rings. The number of aliphatic hydroxyl groups is 1. The van der Waals surface area contributed by atoms with Gasteiger partial charge in [-0.25, -0.2) is 4.68 Å². The molecule has 16 nitrogen and oxygen atoms in total. The van der Waals surface area contributed by atoms with Crippen LogP contribution in [0.4, 0.5) is 0 Å². The molecule has 0 saturated carbocycles. The predicted molar refractivity (Wildman–Crippen MR) is 189 cm³/mol. The van der Waals surface area contributed by atoms with Crippen LogP contribution < -0.4 is 31.3 Å². The number of fused-ring (bicyclic) bond motifs is 5. The number of benzene rings is 2. The Labute approximate surface area is 302 Å². The van der Waals surface area contributed by atoms with Gasteiger partial charge in [-0.1, -0.05) is 54.1 Å². The van der Waals surface area contributed by atoms with Crippen LogP contribution >= 0.6 is 0 Å². The molecule has 4 bridgehead atoms. The molecule has 0 spiro atoms. The first kappa shape index (κ1) is 37.9. The first-order valence-electron chi connectivity index (χ1n) is 17.5. The molecule has 1 saturated heterocycles. The van der Waals surface area contributed by atoms with Crippen molar-refractivity contribution in [2.75, 3.05) is 20.2 Å². The highest BCUT2D eigenvalue weighted by molar-refractivity contribution is 5.98. The van der Waals surface area contributed by atoms with Crippen LogP contribution in [0.15, 0.2) is 54.7 Å². The third-order valence-corrected chi connectivity index (χ3v) is 9.19. The van der Waals surface area contributed by atoms with Gasteiger partial charge in [0.25, 0.3) is 5.91 Å². The monoisotopic (exact) mass is 717 g/mol. The Morgan fingerprint density at radius 3 is 2.42 bits per heavy atom. The van der Waals surface area contributed by atoms with Gasteiger partial charge >= 0.3 is 0 Å².